The largest absolute Gasteiger partial charge is 0.478 e. The number of nitrogens with one attached hydrogen (secondary N) is 5. The van der Waals surface area contributed by atoms with Crippen LogP contribution in [0.2, 0.25) is 0 Å². The quantitative estimate of drug-likeness (QED) is 0.00896. The maximum Gasteiger partial charge on any atom is 0.478 e. The predicted molar refractivity (Wildman–Crippen MR) is 454 cm³/mol. The molecule has 0 aliphatic carbocycles. The third-order valence-corrected chi connectivity index (χ3v) is 20.6. The molecule has 10 rings (SSSR count). The average molecular weight is 1700 g/mol. The van der Waals surface area contributed by atoms with Crippen LogP contribution in [-0.4, -0.2) is 216 Å². The van der Waals surface area contributed by atoms with Crippen LogP contribution in [0.15, 0.2) is 178 Å². The number of carbonyl (C=O) groups is 11. The molecule has 3 aromatic heterocycles. The number of thiophene rings is 3. The van der Waals surface area contributed by atoms with Gasteiger partial charge >= 0.3 is 41.6 Å². The summed E-state index contributed by atoms with van der Waals surface area (Å²) in [5.74, 6) is -6.16. The maximum absolute atomic E-state index is 12.5. The number of carboxylic acids is 1. The van der Waals surface area contributed by atoms with Crippen molar-refractivity contribution >= 4 is 151 Å². The Morgan fingerprint density at radius 2 is 0.756 bits per heavy atom. The van der Waals surface area contributed by atoms with Gasteiger partial charge in [0.1, 0.15) is 43.1 Å². The molecule has 0 saturated carbocycles. The van der Waals surface area contributed by atoms with Gasteiger partial charge in [0.15, 0.2) is 11.4 Å². The third kappa shape index (κ3) is 37.2. The molecule has 5 aliphatic rings. The number of carboxylic acid groups (broad SMARTS) is 1. The normalized spacial score (nSPS) is 21.6. The number of hydrogen-bond donors (Lipinski definition) is 11. The molecule has 5 aromatic rings. The van der Waals surface area contributed by atoms with Gasteiger partial charge in [-0.1, -0.05) is 151 Å². The van der Waals surface area contributed by atoms with E-state index in [9.17, 15) is 77.9 Å². The standard InChI is InChI=1S/C17H24BNO4.C17H22BNO4.C16H18BNO6S.2C15H19BN2O5S/c2*1-13(20)11-15-9-5-6-10-16(18(22)23-15)19-17(21)12-14-7-3-2-4-8-14;1-10(19)8-11-4-2-6-14(17(23)24-11)18-16(22)12(9-15(20)21)13-5-3-7-25-13;2*1-10(19)9-11-5-3-7-13(16(21)23-11)17-15(20)14(18-22-2)12-6-4-8-24-12/h2-4,7-8,15-16,22H,5-6,9-12H2,1H3,(H,19,21);2-8,15-16,22H,9-12H2,1H3,(H,19,21);2-5,7,9,11,14,23H,6,8H2,1H3,(H,18,22)(H,20,21);2*3-6,8,11,13,21H,7,9H2,1-2H3,(H,17,20)/b;6-5-;12-9-;18-14+;18-14-/t2*15-,16+;11-,14+;2*11-,13+/m11111/s1. The van der Waals surface area contributed by atoms with Gasteiger partial charge in [-0.15, -0.1) is 34.0 Å². The molecule has 1 fully saturated rings. The van der Waals surface area contributed by atoms with Crippen molar-refractivity contribution in [3.05, 3.63) is 194 Å². The van der Waals surface area contributed by atoms with Gasteiger partial charge in [-0.3, -0.25) is 47.9 Å². The van der Waals surface area contributed by atoms with Gasteiger partial charge in [-0.2, -0.15) is 0 Å². The average Bonchev–Trinajstić information content (AvgIpc) is 1.76. The van der Waals surface area contributed by atoms with Gasteiger partial charge in [0.25, 0.3) is 17.7 Å². The van der Waals surface area contributed by atoms with E-state index < -0.39 is 107 Å². The van der Waals surface area contributed by atoms with Crippen molar-refractivity contribution in [1.29, 1.82) is 0 Å². The highest BCUT2D eigenvalue weighted by Gasteiger charge is 2.39. The van der Waals surface area contributed by atoms with E-state index in [0.717, 1.165) is 36.5 Å². The number of nitrogens with zero attached hydrogens (tertiary/aromatic N) is 2. The number of oxime groups is 2. The molecule has 8 heterocycles. The SMILES string of the molecule is CC(=O)C[C@H]1C/C=C\C[C@H](NC(=O)Cc2ccccc2)B(O)O1.CC(=O)C[C@H]1C=CC[C@H](NC(=O)/C(=C\C(=O)O)c2cccs2)B(O)O1.CC(=O)C[C@H]1CCCC[C@H](NC(=O)Cc2ccccc2)B(O)O1.CO/N=C(/C(=O)N[C@H]1CC=C[C@H](CC(C)=O)OB1O)c1cccs1.CO/N=C(\C(=O)N[C@H]1CC=C[C@H](CC(C)=O)OB1O)c1cccs1. The Hall–Kier alpha value is -9.73. The molecular weight excluding hydrogens is 1590 g/mol. The third-order valence-electron chi connectivity index (χ3n) is 18.0. The predicted octanol–water partition coefficient (Wildman–Crippen LogP) is 6.02. The monoisotopic (exact) mass is 1700 g/mol. The lowest BCUT2D eigenvalue weighted by Gasteiger charge is -2.28. The minimum absolute atomic E-state index is 0.00297. The van der Waals surface area contributed by atoms with Crippen LogP contribution in [0.3, 0.4) is 0 Å². The van der Waals surface area contributed by atoms with Crippen LogP contribution in [0.5, 0.6) is 0 Å². The Morgan fingerprint density at radius 3 is 1.15 bits per heavy atom. The minimum Gasteiger partial charge on any atom is -0.478 e. The van der Waals surface area contributed by atoms with E-state index in [1.807, 2.05) is 83.6 Å². The molecule has 5 aliphatic heterocycles. The summed E-state index contributed by atoms with van der Waals surface area (Å²) in [5, 5.41) is 86.5. The van der Waals surface area contributed by atoms with E-state index in [0.29, 0.717) is 59.6 Å². The first-order chi connectivity index (χ1) is 57.0. The van der Waals surface area contributed by atoms with Crippen molar-refractivity contribution in [3.8, 4) is 0 Å². The summed E-state index contributed by atoms with van der Waals surface area (Å²) < 4.78 is 27.4. The Balaban J connectivity index is 0.000000231. The lowest BCUT2D eigenvalue weighted by atomic mass is 9.74. The topological polar surface area (TPSA) is 459 Å². The van der Waals surface area contributed by atoms with Crippen molar-refractivity contribution < 1.29 is 116 Å². The van der Waals surface area contributed by atoms with E-state index in [2.05, 4.69) is 36.9 Å². The van der Waals surface area contributed by atoms with Crippen molar-refractivity contribution in [3.63, 3.8) is 0 Å². The van der Waals surface area contributed by atoms with E-state index in [1.165, 1.54) is 82.8 Å². The first kappa shape index (κ1) is 98.1. The molecule has 1 saturated heterocycles. The highest BCUT2D eigenvalue weighted by Crippen LogP contribution is 2.25. The lowest BCUT2D eigenvalue weighted by molar-refractivity contribution is -0.132. The molecule has 2 aromatic carbocycles. The summed E-state index contributed by atoms with van der Waals surface area (Å²) in [6.07, 6.45) is 19.9. The molecule has 0 bridgehead atoms. The van der Waals surface area contributed by atoms with Crippen molar-refractivity contribution in [2.75, 3.05) is 14.2 Å². The molecular formula is C80H102B5N7O24S3. The molecule has 0 radical (unpaired) electrons. The van der Waals surface area contributed by atoms with E-state index in [1.54, 1.807) is 78.2 Å². The summed E-state index contributed by atoms with van der Waals surface area (Å²) in [6.45, 7) is 7.37. The van der Waals surface area contributed by atoms with Gasteiger partial charge in [-0.25, -0.2) is 4.79 Å². The first-order valence-corrected chi connectivity index (χ1v) is 41.3. The van der Waals surface area contributed by atoms with Crippen LogP contribution in [0, 0.1) is 0 Å². The Bertz CT molecular complexity index is 4190. The second-order valence-corrected chi connectivity index (χ2v) is 31.1. The van der Waals surface area contributed by atoms with Crippen LogP contribution < -0.4 is 26.6 Å². The number of amides is 5. The van der Waals surface area contributed by atoms with Crippen molar-refractivity contribution in [2.45, 2.75) is 198 Å². The second-order valence-electron chi connectivity index (χ2n) is 28.2. The highest BCUT2D eigenvalue weighted by molar-refractivity contribution is 7.13. The van der Waals surface area contributed by atoms with Crippen molar-refractivity contribution in [2.24, 2.45) is 10.3 Å². The number of Topliss-reactive ketones (excluding diaryl/α,β-unsaturated/α-hetero) is 5. The zero-order chi connectivity index (χ0) is 86.8. The number of aliphatic carboxylic acids is 1. The zero-order valence-electron chi connectivity index (χ0n) is 67.3. The van der Waals surface area contributed by atoms with E-state index >= 15 is 0 Å². The summed E-state index contributed by atoms with van der Waals surface area (Å²) in [6, 6.07) is 29.4. The Labute approximate surface area is 705 Å². The molecule has 11 N–H and O–H groups in total. The minimum atomic E-state index is -1.31. The fourth-order valence-electron chi connectivity index (χ4n) is 12.4. The smallest absolute Gasteiger partial charge is 0.478 e. The first-order valence-electron chi connectivity index (χ1n) is 38.6. The van der Waals surface area contributed by atoms with Gasteiger partial charge in [0.05, 0.1) is 82.3 Å². The van der Waals surface area contributed by atoms with E-state index in [-0.39, 0.29) is 108 Å². The molecule has 5 amide bonds. The molecule has 0 spiro atoms. The Kier molecular flexibility index (Phi) is 43.7. The zero-order valence-corrected chi connectivity index (χ0v) is 69.7. The Morgan fingerprint density at radius 1 is 0.412 bits per heavy atom. The summed E-state index contributed by atoms with van der Waals surface area (Å²) in [4.78, 5) is 140. The van der Waals surface area contributed by atoms with Crippen LogP contribution in [0.4, 0.5) is 0 Å². The van der Waals surface area contributed by atoms with Gasteiger partial charge in [-0.05, 0) is 125 Å². The van der Waals surface area contributed by atoms with Crippen LogP contribution in [0.1, 0.15) is 150 Å². The van der Waals surface area contributed by atoms with Gasteiger partial charge in [0.2, 0.25) is 11.8 Å². The molecule has 0 unspecified atom stereocenters. The lowest BCUT2D eigenvalue weighted by Crippen LogP contribution is -2.50. The van der Waals surface area contributed by atoms with Crippen LogP contribution >= 0.6 is 34.0 Å². The summed E-state index contributed by atoms with van der Waals surface area (Å²) in [5.41, 5.74) is 2.11. The number of carbonyl (C=O) groups excluding carboxylic acids is 10. The summed E-state index contributed by atoms with van der Waals surface area (Å²) in [7, 11) is -3.22. The number of hydrogen-bond acceptors (Lipinski definition) is 28. The van der Waals surface area contributed by atoms with E-state index in [4.69, 9.17) is 38.1 Å². The highest BCUT2D eigenvalue weighted by atomic mass is 32.1. The number of rotatable bonds is 28. The molecule has 634 valence electrons. The molecule has 10 atom stereocenters. The van der Waals surface area contributed by atoms with Crippen molar-refractivity contribution in [1.82, 2.24) is 26.6 Å². The molecule has 39 heteroatoms. The molecule has 31 nitrogen and oxygen atoms in total. The fraction of sp³-hybridized carbons (Fsp3) is 0.412. The van der Waals surface area contributed by atoms with Gasteiger partial charge < -0.3 is 89.8 Å². The second kappa shape index (κ2) is 53.0. The van der Waals surface area contributed by atoms with Crippen LogP contribution in [0.25, 0.3) is 5.57 Å². The fourth-order valence-corrected chi connectivity index (χ4v) is 14.6. The number of ketones is 5. The summed E-state index contributed by atoms with van der Waals surface area (Å²) >= 11 is 3.95. The van der Waals surface area contributed by atoms with Gasteiger partial charge in [0, 0.05) is 49.2 Å². The molecule has 119 heavy (non-hydrogen) atoms. The number of benzene rings is 2. The maximum atomic E-state index is 12.5. The van der Waals surface area contributed by atoms with Crippen LogP contribution in [-0.2, 0) is 98.5 Å².